The van der Waals surface area contributed by atoms with Gasteiger partial charge in [0.15, 0.2) is 0 Å². The number of carbonyl (C=O) groups excluding carboxylic acids is 2. The number of alkyl carbamates (subject to hydrolysis) is 1. The molecule has 2 aromatic rings. The predicted molar refractivity (Wildman–Crippen MR) is 122 cm³/mol. The summed E-state index contributed by atoms with van der Waals surface area (Å²) in [5.41, 5.74) is 4.68. The first-order valence-electron chi connectivity index (χ1n) is 11.7. The molecule has 0 aromatic heterocycles. The van der Waals surface area contributed by atoms with E-state index in [2.05, 4.69) is 29.6 Å². The minimum atomic E-state index is -0.933. The largest absolute Gasteiger partial charge is 0.480 e. The number of carboxylic acid groups (broad SMARTS) is 1. The first-order chi connectivity index (χ1) is 16.0. The fourth-order valence-corrected chi connectivity index (χ4v) is 5.30. The molecule has 2 aromatic carbocycles. The number of fused-ring (bicyclic) bond motifs is 3. The summed E-state index contributed by atoms with van der Waals surface area (Å²) in [6.07, 6.45) is 2.36. The summed E-state index contributed by atoms with van der Waals surface area (Å²) < 4.78 is 5.56. The number of rotatable bonds is 6. The molecule has 1 aliphatic heterocycles. The highest BCUT2D eigenvalue weighted by atomic mass is 16.5. The Bertz CT molecular complexity index is 1040. The zero-order chi connectivity index (χ0) is 22.9. The monoisotopic (exact) mass is 448 g/mol. The quantitative estimate of drug-likeness (QED) is 0.704. The molecule has 7 heteroatoms. The Kier molecular flexibility index (Phi) is 5.79. The molecule has 0 radical (unpaired) electrons. The van der Waals surface area contributed by atoms with Crippen LogP contribution in [0.2, 0.25) is 0 Å². The van der Waals surface area contributed by atoms with Crippen LogP contribution in [0.15, 0.2) is 48.5 Å². The van der Waals surface area contributed by atoms with Gasteiger partial charge in [0.2, 0.25) is 5.91 Å². The lowest BCUT2D eigenvalue weighted by atomic mass is 9.98. The van der Waals surface area contributed by atoms with Crippen LogP contribution in [0.5, 0.6) is 0 Å². The number of ether oxygens (including phenoxy) is 1. The molecule has 33 heavy (non-hydrogen) atoms. The van der Waals surface area contributed by atoms with Crippen LogP contribution in [-0.4, -0.2) is 53.7 Å². The molecule has 2 amide bonds. The maximum atomic E-state index is 12.8. The van der Waals surface area contributed by atoms with Gasteiger partial charge in [-0.1, -0.05) is 48.5 Å². The number of hydrogen-bond donors (Lipinski definition) is 2. The van der Waals surface area contributed by atoms with Crippen LogP contribution in [0.3, 0.4) is 0 Å². The number of aliphatic carboxylic acids is 1. The van der Waals surface area contributed by atoms with Gasteiger partial charge in [-0.3, -0.25) is 4.79 Å². The van der Waals surface area contributed by atoms with Crippen LogP contribution < -0.4 is 5.32 Å². The van der Waals surface area contributed by atoms with Crippen LogP contribution in [-0.2, 0) is 14.3 Å². The Balaban J connectivity index is 1.12. The number of amides is 2. The molecule has 172 valence electrons. The number of carboxylic acids is 1. The van der Waals surface area contributed by atoms with E-state index in [1.165, 1.54) is 16.0 Å². The zero-order valence-corrected chi connectivity index (χ0v) is 18.4. The Morgan fingerprint density at radius 1 is 1.00 bits per heavy atom. The van der Waals surface area contributed by atoms with Crippen molar-refractivity contribution in [3.63, 3.8) is 0 Å². The summed E-state index contributed by atoms with van der Waals surface area (Å²) in [6.45, 7) is 1.11. The maximum Gasteiger partial charge on any atom is 0.407 e. The van der Waals surface area contributed by atoms with Crippen molar-refractivity contribution in [1.82, 2.24) is 10.2 Å². The lowest BCUT2D eigenvalue weighted by Gasteiger charge is -2.33. The van der Waals surface area contributed by atoms with E-state index in [1.54, 1.807) is 0 Å². The topological polar surface area (TPSA) is 95.9 Å². The third-order valence-corrected chi connectivity index (χ3v) is 7.16. The molecular weight excluding hydrogens is 420 g/mol. The van der Waals surface area contributed by atoms with E-state index in [0.29, 0.717) is 25.9 Å². The summed E-state index contributed by atoms with van der Waals surface area (Å²) in [6, 6.07) is 15.6. The zero-order valence-electron chi connectivity index (χ0n) is 18.4. The maximum absolute atomic E-state index is 12.8. The van der Waals surface area contributed by atoms with Crippen molar-refractivity contribution < 1.29 is 24.2 Å². The highest BCUT2D eigenvalue weighted by Gasteiger charge is 2.47. The fourth-order valence-electron chi connectivity index (χ4n) is 5.30. The lowest BCUT2D eigenvalue weighted by Crippen LogP contribution is -2.48. The van der Waals surface area contributed by atoms with Gasteiger partial charge in [-0.2, -0.15) is 0 Å². The lowest BCUT2D eigenvalue weighted by molar-refractivity contribution is -0.152. The Morgan fingerprint density at radius 2 is 1.67 bits per heavy atom. The molecule has 3 aliphatic rings. The molecule has 3 atom stereocenters. The first kappa shape index (κ1) is 21.5. The van der Waals surface area contributed by atoms with Crippen molar-refractivity contribution >= 4 is 18.0 Å². The molecule has 2 fully saturated rings. The van der Waals surface area contributed by atoms with Crippen LogP contribution >= 0.6 is 0 Å². The number of nitrogens with zero attached hydrogens (tertiary/aromatic N) is 1. The second-order valence-corrected chi connectivity index (χ2v) is 9.19. The fraction of sp³-hybridized carbons (Fsp3) is 0.423. The van der Waals surface area contributed by atoms with Gasteiger partial charge in [0.05, 0.1) is 0 Å². The summed E-state index contributed by atoms with van der Waals surface area (Å²) in [7, 11) is 0. The molecule has 1 saturated heterocycles. The molecule has 0 bridgehead atoms. The van der Waals surface area contributed by atoms with Gasteiger partial charge in [0.1, 0.15) is 12.6 Å². The van der Waals surface area contributed by atoms with E-state index in [4.69, 9.17) is 4.74 Å². The van der Waals surface area contributed by atoms with Crippen LogP contribution in [0.4, 0.5) is 4.79 Å². The van der Waals surface area contributed by atoms with Gasteiger partial charge in [-0.15, -0.1) is 0 Å². The smallest absolute Gasteiger partial charge is 0.407 e. The van der Waals surface area contributed by atoms with E-state index in [1.807, 2.05) is 24.3 Å². The predicted octanol–water partition coefficient (Wildman–Crippen LogP) is 3.63. The average molecular weight is 449 g/mol. The summed E-state index contributed by atoms with van der Waals surface area (Å²) >= 11 is 0. The van der Waals surface area contributed by atoms with Crippen molar-refractivity contribution in [2.24, 2.45) is 11.8 Å². The molecule has 1 saturated carbocycles. The highest BCUT2D eigenvalue weighted by Crippen LogP contribution is 2.44. The van der Waals surface area contributed by atoms with Crippen molar-refractivity contribution in [1.29, 1.82) is 0 Å². The minimum absolute atomic E-state index is 0.00505. The van der Waals surface area contributed by atoms with Crippen molar-refractivity contribution in [2.45, 2.75) is 37.6 Å². The normalized spacial score (nSPS) is 23.4. The SMILES string of the molecule is O=C(NC[C@H]1C[C@H]1C(=O)N1CCCC[C@H]1C(=O)O)OCC1c2ccccc2-c2ccccc21. The summed E-state index contributed by atoms with van der Waals surface area (Å²) in [4.78, 5) is 38.1. The minimum Gasteiger partial charge on any atom is -0.480 e. The molecule has 0 spiro atoms. The van der Waals surface area contributed by atoms with Gasteiger partial charge in [-0.05, 0) is 53.9 Å². The van der Waals surface area contributed by atoms with Gasteiger partial charge >= 0.3 is 12.1 Å². The molecule has 5 rings (SSSR count). The van der Waals surface area contributed by atoms with E-state index in [9.17, 15) is 19.5 Å². The number of nitrogens with one attached hydrogen (secondary N) is 1. The second kappa shape index (κ2) is 8.89. The molecule has 2 aliphatic carbocycles. The number of likely N-dealkylation sites (tertiary alicyclic amines) is 1. The third-order valence-electron chi connectivity index (χ3n) is 7.16. The molecule has 1 heterocycles. The Hall–Kier alpha value is -3.35. The molecular formula is C26H28N2O5. The average Bonchev–Trinajstić information content (AvgIpc) is 3.55. The second-order valence-electron chi connectivity index (χ2n) is 9.19. The van der Waals surface area contributed by atoms with Gasteiger partial charge in [-0.25, -0.2) is 9.59 Å². The summed E-state index contributed by atoms with van der Waals surface area (Å²) in [5.74, 6) is -1.20. The van der Waals surface area contributed by atoms with Gasteiger partial charge in [0, 0.05) is 24.9 Å². The highest BCUT2D eigenvalue weighted by molar-refractivity contribution is 5.87. The van der Waals surface area contributed by atoms with E-state index >= 15 is 0 Å². The van der Waals surface area contributed by atoms with Crippen LogP contribution in [0, 0.1) is 11.8 Å². The third kappa shape index (κ3) is 4.19. The Labute approximate surface area is 192 Å². The number of piperidine rings is 1. The van der Waals surface area contributed by atoms with Gasteiger partial charge in [0.25, 0.3) is 0 Å². The number of carbonyl (C=O) groups is 3. The van der Waals surface area contributed by atoms with Crippen LogP contribution in [0.1, 0.15) is 42.7 Å². The molecule has 7 nitrogen and oxygen atoms in total. The van der Waals surface area contributed by atoms with Crippen LogP contribution in [0.25, 0.3) is 11.1 Å². The van der Waals surface area contributed by atoms with Crippen molar-refractivity contribution in [3.8, 4) is 11.1 Å². The van der Waals surface area contributed by atoms with Crippen molar-refractivity contribution in [3.05, 3.63) is 59.7 Å². The summed E-state index contributed by atoms with van der Waals surface area (Å²) in [5, 5.41) is 12.2. The van der Waals surface area contributed by atoms with E-state index in [0.717, 1.165) is 24.0 Å². The number of hydrogen-bond acceptors (Lipinski definition) is 4. The van der Waals surface area contributed by atoms with Gasteiger partial charge < -0.3 is 20.1 Å². The first-order valence-corrected chi connectivity index (χ1v) is 11.7. The standard InChI is InChI=1S/C26H28N2O5/c29-24(28-12-6-5-11-23(28)25(30)31)21-13-16(21)14-27-26(32)33-15-22-19-9-3-1-7-17(19)18-8-2-4-10-20(18)22/h1-4,7-10,16,21-23H,5-6,11-15H2,(H,27,32)(H,30,31)/t16-,21-,23+/m1/s1. The molecule has 2 N–H and O–H groups in total. The van der Waals surface area contributed by atoms with E-state index < -0.39 is 18.1 Å². The number of benzene rings is 2. The Morgan fingerprint density at radius 3 is 2.33 bits per heavy atom. The van der Waals surface area contributed by atoms with E-state index in [-0.39, 0.29) is 30.3 Å². The molecule has 0 unspecified atom stereocenters. The van der Waals surface area contributed by atoms with Crippen molar-refractivity contribution in [2.75, 3.05) is 19.7 Å².